The van der Waals surface area contributed by atoms with Crippen LogP contribution in [-0.2, 0) is 12.5 Å². The van der Waals surface area contributed by atoms with E-state index in [0.717, 1.165) is 40.8 Å². The number of aryl methyl sites for hydroxylation is 1. The standard InChI is InChI=1S/C26H25FN6O2/c1-15-21(16-13-28-32(2)14-16)31-33(18-6-4-3-5-7-18)24(15)30-25(35)29-22-19-9-8-17(27)12-20(19)26(10-11-26)23(22)34/h3-9,12-14,22-23,34H,10-11H2,1-2H3,(H2,29,30,35)/t22?,23-/m1/s1. The van der Waals surface area contributed by atoms with E-state index in [1.165, 1.54) is 12.1 Å². The Labute approximate surface area is 201 Å². The Morgan fingerprint density at radius 2 is 1.97 bits per heavy atom. The minimum atomic E-state index is -0.809. The third-order valence-corrected chi connectivity index (χ3v) is 7.18. The summed E-state index contributed by atoms with van der Waals surface area (Å²) < 4.78 is 17.3. The predicted molar refractivity (Wildman–Crippen MR) is 129 cm³/mol. The highest BCUT2D eigenvalue weighted by molar-refractivity contribution is 5.91. The quantitative estimate of drug-likeness (QED) is 0.418. The van der Waals surface area contributed by atoms with Crippen molar-refractivity contribution >= 4 is 11.8 Å². The second kappa shape index (κ2) is 7.78. The topological polar surface area (TPSA) is 97.0 Å². The molecule has 1 unspecified atom stereocenters. The van der Waals surface area contributed by atoms with Crippen LogP contribution in [0.5, 0.6) is 0 Å². The van der Waals surface area contributed by atoms with Crippen molar-refractivity contribution in [1.82, 2.24) is 24.9 Å². The number of rotatable bonds is 4. The van der Waals surface area contributed by atoms with Crippen LogP contribution in [-0.4, -0.2) is 36.8 Å². The summed E-state index contributed by atoms with van der Waals surface area (Å²) in [5.41, 5.74) is 4.20. The maximum atomic E-state index is 13.9. The molecule has 2 aliphatic carbocycles. The van der Waals surface area contributed by atoms with Crippen LogP contribution in [0.25, 0.3) is 16.9 Å². The first-order chi connectivity index (χ1) is 16.9. The number of hydrogen-bond donors (Lipinski definition) is 3. The van der Waals surface area contributed by atoms with Crippen molar-refractivity contribution in [3.63, 3.8) is 0 Å². The molecule has 6 rings (SSSR count). The van der Waals surface area contributed by atoms with Crippen molar-refractivity contribution in [3.05, 3.63) is 83.4 Å². The fraction of sp³-hybridized carbons (Fsp3) is 0.269. The van der Waals surface area contributed by atoms with E-state index in [1.807, 2.05) is 50.5 Å². The SMILES string of the molecule is Cc1c(-c2cnn(C)c2)nn(-c2ccccc2)c1NC(=O)NC1c2ccc(F)cc2C2(CC2)[C@@H]1O. The Hall–Kier alpha value is -3.98. The Morgan fingerprint density at radius 3 is 2.66 bits per heavy atom. The van der Waals surface area contributed by atoms with Crippen LogP contribution in [0.1, 0.15) is 35.6 Å². The summed E-state index contributed by atoms with van der Waals surface area (Å²) in [5, 5.41) is 25.9. The predicted octanol–water partition coefficient (Wildman–Crippen LogP) is 3.99. The average Bonchev–Trinajstić information content (AvgIpc) is 3.39. The van der Waals surface area contributed by atoms with E-state index < -0.39 is 23.6 Å². The Bertz CT molecular complexity index is 1440. The van der Waals surface area contributed by atoms with Crippen molar-refractivity contribution in [3.8, 4) is 16.9 Å². The second-order valence-electron chi connectivity index (χ2n) is 9.38. The number of aliphatic hydroxyl groups is 1. The molecule has 2 heterocycles. The van der Waals surface area contributed by atoms with Gasteiger partial charge >= 0.3 is 6.03 Å². The Morgan fingerprint density at radius 1 is 1.20 bits per heavy atom. The van der Waals surface area contributed by atoms with Gasteiger partial charge in [0, 0.05) is 29.8 Å². The number of halogens is 1. The number of nitrogens with zero attached hydrogens (tertiary/aromatic N) is 4. The summed E-state index contributed by atoms with van der Waals surface area (Å²) >= 11 is 0. The van der Waals surface area contributed by atoms with Gasteiger partial charge in [0.1, 0.15) is 17.3 Å². The number of anilines is 1. The van der Waals surface area contributed by atoms with Crippen LogP contribution in [0.2, 0.25) is 0 Å². The molecule has 178 valence electrons. The lowest BCUT2D eigenvalue weighted by atomic mass is 9.96. The highest BCUT2D eigenvalue weighted by Gasteiger charge is 2.59. The monoisotopic (exact) mass is 472 g/mol. The minimum Gasteiger partial charge on any atom is -0.390 e. The van der Waals surface area contributed by atoms with E-state index in [4.69, 9.17) is 5.10 Å². The van der Waals surface area contributed by atoms with Gasteiger partial charge in [0.15, 0.2) is 0 Å². The van der Waals surface area contributed by atoms with E-state index in [-0.39, 0.29) is 5.82 Å². The molecule has 2 aromatic carbocycles. The molecule has 1 spiro atoms. The minimum absolute atomic E-state index is 0.336. The number of aromatic nitrogens is 4. The van der Waals surface area contributed by atoms with Crippen LogP contribution in [0.15, 0.2) is 60.9 Å². The number of urea groups is 1. The molecule has 2 aliphatic rings. The summed E-state index contributed by atoms with van der Waals surface area (Å²) in [4.78, 5) is 13.2. The number of carbonyl (C=O) groups is 1. The second-order valence-corrected chi connectivity index (χ2v) is 9.38. The lowest BCUT2D eigenvalue weighted by Crippen LogP contribution is -2.39. The zero-order valence-corrected chi connectivity index (χ0v) is 19.4. The molecule has 3 N–H and O–H groups in total. The first kappa shape index (κ1) is 21.5. The van der Waals surface area contributed by atoms with Gasteiger partial charge in [-0.05, 0) is 55.2 Å². The van der Waals surface area contributed by atoms with Gasteiger partial charge in [0.05, 0.1) is 24.0 Å². The summed E-state index contributed by atoms with van der Waals surface area (Å²) in [5.74, 6) is 0.179. The molecular weight excluding hydrogens is 447 g/mol. The molecule has 2 amide bonds. The molecule has 1 saturated carbocycles. The summed E-state index contributed by atoms with van der Waals surface area (Å²) in [6.45, 7) is 1.89. The Balaban J connectivity index is 1.33. The maximum Gasteiger partial charge on any atom is 0.320 e. The number of hydrogen-bond acceptors (Lipinski definition) is 4. The third-order valence-electron chi connectivity index (χ3n) is 7.18. The number of benzene rings is 2. The van der Waals surface area contributed by atoms with Crippen LogP contribution >= 0.6 is 0 Å². The van der Waals surface area contributed by atoms with E-state index in [2.05, 4.69) is 15.7 Å². The van der Waals surface area contributed by atoms with Gasteiger partial charge in [-0.2, -0.15) is 10.2 Å². The number of aliphatic hydroxyl groups excluding tert-OH is 1. The number of nitrogens with one attached hydrogen (secondary N) is 2. The number of amides is 2. The maximum absolute atomic E-state index is 13.9. The molecule has 0 bridgehead atoms. The molecule has 2 atom stereocenters. The van der Waals surface area contributed by atoms with E-state index in [0.29, 0.717) is 11.5 Å². The van der Waals surface area contributed by atoms with Crippen molar-refractivity contribution in [2.75, 3.05) is 5.32 Å². The van der Waals surface area contributed by atoms with Gasteiger partial charge in [-0.1, -0.05) is 24.3 Å². The molecule has 0 aliphatic heterocycles. The molecule has 4 aromatic rings. The number of fused-ring (bicyclic) bond motifs is 2. The molecule has 35 heavy (non-hydrogen) atoms. The summed E-state index contributed by atoms with van der Waals surface area (Å²) in [6.07, 6.45) is 4.34. The van der Waals surface area contributed by atoms with Crippen LogP contribution in [0.3, 0.4) is 0 Å². The van der Waals surface area contributed by atoms with Gasteiger partial charge in [0.2, 0.25) is 0 Å². The molecule has 0 radical (unpaired) electrons. The van der Waals surface area contributed by atoms with Crippen molar-refractivity contribution < 1.29 is 14.3 Å². The van der Waals surface area contributed by atoms with Crippen molar-refractivity contribution in [2.24, 2.45) is 7.05 Å². The zero-order chi connectivity index (χ0) is 24.3. The largest absolute Gasteiger partial charge is 0.390 e. The first-order valence-electron chi connectivity index (χ1n) is 11.6. The van der Waals surface area contributed by atoms with Gasteiger partial charge < -0.3 is 10.4 Å². The van der Waals surface area contributed by atoms with Crippen molar-refractivity contribution in [1.29, 1.82) is 0 Å². The van der Waals surface area contributed by atoms with Gasteiger partial charge in [-0.3, -0.25) is 10.00 Å². The molecule has 1 fully saturated rings. The van der Waals surface area contributed by atoms with Gasteiger partial charge in [-0.25, -0.2) is 13.9 Å². The van der Waals surface area contributed by atoms with E-state index in [9.17, 15) is 14.3 Å². The summed E-state index contributed by atoms with van der Waals surface area (Å²) in [7, 11) is 1.84. The molecule has 8 nitrogen and oxygen atoms in total. The summed E-state index contributed by atoms with van der Waals surface area (Å²) in [6, 6.07) is 13.0. The lowest BCUT2D eigenvalue weighted by Gasteiger charge is -2.21. The smallest absolute Gasteiger partial charge is 0.320 e. The number of para-hydroxylation sites is 1. The molecule has 0 saturated heterocycles. The van der Waals surface area contributed by atoms with Gasteiger partial charge in [0.25, 0.3) is 0 Å². The van der Waals surface area contributed by atoms with Crippen LogP contribution in [0.4, 0.5) is 15.0 Å². The highest BCUT2D eigenvalue weighted by Crippen LogP contribution is 2.60. The normalized spacial score (nSPS) is 19.5. The zero-order valence-electron chi connectivity index (χ0n) is 19.4. The third kappa shape index (κ3) is 3.42. The van der Waals surface area contributed by atoms with E-state index >= 15 is 0 Å². The molecule has 2 aromatic heterocycles. The van der Waals surface area contributed by atoms with Crippen LogP contribution in [0, 0.1) is 12.7 Å². The fourth-order valence-corrected chi connectivity index (χ4v) is 5.24. The Kier molecular flexibility index (Phi) is 4.79. The van der Waals surface area contributed by atoms with E-state index in [1.54, 1.807) is 21.6 Å². The van der Waals surface area contributed by atoms with Crippen LogP contribution < -0.4 is 10.6 Å². The first-order valence-corrected chi connectivity index (χ1v) is 11.6. The van der Waals surface area contributed by atoms with Crippen molar-refractivity contribution in [2.45, 2.75) is 37.3 Å². The number of carbonyl (C=O) groups excluding carboxylic acids is 1. The molecule has 9 heteroatoms. The lowest BCUT2D eigenvalue weighted by molar-refractivity contribution is 0.109. The molecular formula is C26H25FN6O2. The highest BCUT2D eigenvalue weighted by atomic mass is 19.1. The average molecular weight is 473 g/mol. The van der Waals surface area contributed by atoms with Gasteiger partial charge in [-0.15, -0.1) is 0 Å². The fourth-order valence-electron chi connectivity index (χ4n) is 5.24.